The Morgan fingerprint density at radius 3 is 2.26 bits per heavy atom. The summed E-state index contributed by atoms with van der Waals surface area (Å²) >= 11 is 0. The van der Waals surface area contributed by atoms with Crippen molar-refractivity contribution in [1.82, 2.24) is 19.8 Å². The van der Waals surface area contributed by atoms with Crippen molar-refractivity contribution in [2.75, 3.05) is 51.3 Å². The van der Waals surface area contributed by atoms with Gasteiger partial charge in [0.05, 0.1) is 5.57 Å². The Morgan fingerprint density at radius 1 is 0.968 bits per heavy atom. The fraction of sp³-hybridized carbons (Fsp3) is 0.364. The second kappa shape index (κ2) is 9.22. The van der Waals surface area contributed by atoms with Crippen LogP contribution in [0.1, 0.15) is 12.0 Å². The van der Waals surface area contributed by atoms with Crippen molar-refractivity contribution in [2.45, 2.75) is 6.42 Å². The molecule has 1 fully saturated rings. The molecular formula is C22H24FN5O3. The van der Waals surface area contributed by atoms with Crippen LogP contribution in [0.3, 0.4) is 0 Å². The number of carbonyl (C=O) groups is 2. The van der Waals surface area contributed by atoms with E-state index in [0.717, 1.165) is 0 Å². The number of hydrogen-bond acceptors (Lipinski definition) is 7. The van der Waals surface area contributed by atoms with Crippen LogP contribution in [-0.2, 0) is 14.3 Å². The number of benzene rings is 1. The number of amides is 2. The molecule has 0 spiro atoms. The second-order valence-corrected chi connectivity index (χ2v) is 7.36. The molecule has 0 N–H and O–H groups in total. The largest absolute Gasteiger partial charge is 0.385 e. The molecule has 1 saturated heterocycles. The number of nitrogens with zero attached hydrogens (tertiary/aromatic N) is 5. The minimum atomic E-state index is -0.393. The maximum absolute atomic E-state index is 13.5. The van der Waals surface area contributed by atoms with E-state index in [1.54, 1.807) is 37.7 Å². The number of methoxy groups -OCH3 is 1. The number of piperazine rings is 1. The van der Waals surface area contributed by atoms with Gasteiger partial charge < -0.3 is 14.5 Å². The minimum Gasteiger partial charge on any atom is -0.385 e. The molecule has 0 aliphatic carbocycles. The second-order valence-electron chi connectivity index (χ2n) is 7.36. The molecule has 8 nitrogen and oxygen atoms in total. The first kappa shape index (κ1) is 20.9. The standard InChI is InChI=1S/C22H24FN5O3/c1-31-15-3-10-28-20(29)18(16-4-6-17(23)7-5-16)19(21(28)30)26-11-13-27(14-12-26)22-24-8-2-9-25-22/h2,4-9H,3,10-15H2,1H3. The van der Waals surface area contributed by atoms with Gasteiger partial charge >= 0.3 is 0 Å². The summed E-state index contributed by atoms with van der Waals surface area (Å²) in [4.78, 5) is 40.3. The first-order valence-corrected chi connectivity index (χ1v) is 10.2. The molecule has 0 radical (unpaired) electrons. The topological polar surface area (TPSA) is 78.9 Å². The highest BCUT2D eigenvalue weighted by Gasteiger charge is 2.42. The first-order chi connectivity index (χ1) is 15.1. The molecule has 2 aliphatic heterocycles. The van der Waals surface area contributed by atoms with Gasteiger partial charge in [-0.2, -0.15) is 0 Å². The lowest BCUT2D eigenvalue weighted by atomic mass is 10.0. The molecule has 1 aromatic heterocycles. The molecule has 31 heavy (non-hydrogen) atoms. The zero-order valence-electron chi connectivity index (χ0n) is 17.3. The van der Waals surface area contributed by atoms with Crippen LogP contribution < -0.4 is 4.90 Å². The lowest BCUT2D eigenvalue weighted by molar-refractivity contribution is -0.137. The summed E-state index contributed by atoms with van der Waals surface area (Å²) in [7, 11) is 1.58. The predicted molar refractivity (Wildman–Crippen MR) is 112 cm³/mol. The van der Waals surface area contributed by atoms with E-state index < -0.39 is 5.82 Å². The fourth-order valence-corrected chi connectivity index (χ4v) is 3.89. The number of halogens is 1. The third kappa shape index (κ3) is 4.27. The summed E-state index contributed by atoms with van der Waals surface area (Å²) in [6, 6.07) is 7.46. The van der Waals surface area contributed by atoms with Gasteiger partial charge in [-0.3, -0.25) is 14.5 Å². The third-order valence-corrected chi connectivity index (χ3v) is 5.44. The number of anilines is 1. The van der Waals surface area contributed by atoms with Crippen LogP contribution in [0.5, 0.6) is 0 Å². The molecule has 4 rings (SSSR count). The lowest BCUT2D eigenvalue weighted by Crippen LogP contribution is -2.48. The maximum Gasteiger partial charge on any atom is 0.277 e. The van der Waals surface area contributed by atoms with E-state index in [2.05, 4.69) is 9.97 Å². The molecule has 0 saturated carbocycles. The van der Waals surface area contributed by atoms with Gasteiger partial charge in [0.15, 0.2) is 0 Å². The van der Waals surface area contributed by atoms with Crippen LogP contribution in [0.2, 0.25) is 0 Å². The van der Waals surface area contributed by atoms with E-state index in [9.17, 15) is 14.0 Å². The van der Waals surface area contributed by atoms with Crippen molar-refractivity contribution >= 4 is 23.3 Å². The van der Waals surface area contributed by atoms with Crippen molar-refractivity contribution in [1.29, 1.82) is 0 Å². The molecule has 2 aromatic rings. The van der Waals surface area contributed by atoms with Crippen molar-refractivity contribution in [3.05, 3.63) is 59.8 Å². The fourth-order valence-electron chi connectivity index (χ4n) is 3.89. The Morgan fingerprint density at radius 2 is 1.61 bits per heavy atom. The van der Waals surface area contributed by atoms with E-state index in [1.165, 1.54) is 17.0 Å². The number of carbonyl (C=O) groups excluding carboxylic acids is 2. The molecule has 2 amide bonds. The van der Waals surface area contributed by atoms with Gasteiger partial charge in [0.2, 0.25) is 5.95 Å². The van der Waals surface area contributed by atoms with Crippen LogP contribution in [0.25, 0.3) is 5.57 Å². The highest BCUT2D eigenvalue weighted by atomic mass is 19.1. The van der Waals surface area contributed by atoms with Crippen LogP contribution in [0.15, 0.2) is 48.4 Å². The molecule has 0 atom stereocenters. The van der Waals surface area contributed by atoms with Gasteiger partial charge in [-0.1, -0.05) is 12.1 Å². The Labute approximate surface area is 179 Å². The van der Waals surface area contributed by atoms with Gasteiger partial charge in [-0.05, 0) is 30.2 Å². The average molecular weight is 425 g/mol. The van der Waals surface area contributed by atoms with Gasteiger partial charge in [0.1, 0.15) is 11.5 Å². The van der Waals surface area contributed by atoms with E-state index >= 15 is 0 Å². The molecule has 9 heteroatoms. The van der Waals surface area contributed by atoms with Gasteiger partial charge in [0, 0.05) is 58.8 Å². The summed E-state index contributed by atoms with van der Waals surface area (Å²) in [5.74, 6) is -0.414. The zero-order valence-corrected chi connectivity index (χ0v) is 17.3. The Balaban J connectivity index is 1.60. The van der Waals surface area contributed by atoms with E-state index in [0.29, 0.717) is 62.0 Å². The smallest absolute Gasteiger partial charge is 0.277 e. The average Bonchev–Trinajstić information content (AvgIpc) is 3.05. The van der Waals surface area contributed by atoms with Crippen LogP contribution in [0.4, 0.5) is 10.3 Å². The summed E-state index contributed by atoms with van der Waals surface area (Å²) in [6.07, 6.45) is 3.94. The SMILES string of the molecule is COCCCN1C(=O)C(c2ccc(F)cc2)=C(N2CCN(c3ncccn3)CC2)C1=O. The molecule has 0 bridgehead atoms. The molecular weight excluding hydrogens is 401 g/mol. The predicted octanol–water partition coefficient (Wildman–Crippen LogP) is 1.55. The summed E-state index contributed by atoms with van der Waals surface area (Å²) in [5, 5.41) is 0. The minimum absolute atomic E-state index is 0.275. The Bertz CT molecular complexity index is 972. The molecule has 162 valence electrons. The Kier molecular flexibility index (Phi) is 6.22. The molecule has 0 unspecified atom stereocenters. The highest BCUT2D eigenvalue weighted by Crippen LogP contribution is 2.32. The monoisotopic (exact) mass is 425 g/mol. The third-order valence-electron chi connectivity index (χ3n) is 5.44. The Hall–Kier alpha value is -3.33. The van der Waals surface area contributed by atoms with Crippen molar-refractivity contribution in [3.8, 4) is 0 Å². The summed E-state index contributed by atoms with van der Waals surface area (Å²) in [6.45, 7) is 3.06. The molecule has 3 heterocycles. The zero-order chi connectivity index (χ0) is 21.8. The maximum atomic E-state index is 13.5. The number of hydrogen-bond donors (Lipinski definition) is 0. The summed E-state index contributed by atoms with van der Waals surface area (Å²) in [5.41, 5.74) is 1.24. The van der Waals surface area contributed by atoms with Gasteiger partial charge in [-0.25, -0.2) is 14.4 Å². The number of imide groups is 1. The normalized spacial score (nSPS) is 17.2. The van der Waals surface area contributed by atoms with Crippen molar-refractivity contribution in [3.63, 3.8) is 0 Å². The number of aromatic nitrogens is 2. The number of rotatable bonds is 7. The molecule has 2 aliphatic rings. The van der Waals surface area contributed by atoms with Gasteiger partial charge in [-0.15, -0.1) is 0 Å². The van der Waals surface area contributed by atoms with E-state index in [4.69, 9.17) is 4.74 Å². The van der Waals surface area contributed by atoms with Gasteiger partial charge in [0.25, 0.3) is 11.8 Å². The lowest BCUT2D eigenvalue weighted by Gasteiger charge is -2.36. The first-order valence-electron chi connectivity index (χ1n) is 10.2. The summed E-state index contributed by atoms with van der Waals surface area (Å²) < 4.78 is 18.5. The highest BCUT2D eigenvalue weighted by molar-refractivity contribution is 6.35. The quantitative estimate of drug-likeness (QED) is 0.492. The van der Waals surface area contributed by atoms with E-state index in [1.807, 2.05) is 9.80 Å². The molecule has 1 aromatic carbocycles. The number of ether oxygens (including phenoxy) is 1. The van der Waals surface area contributed by atoms with Crippen LogP contribution in [-0.4, -0.2) is 78.0 Å². The van der Waals surface area contributed by atoms with Crippen LogP contribution >= 0.6 is 0 Å². The van der Waals surface area contributed by atoms with Crippen molar-refractivity contribution in [2.24, 2.45) is 0 Å². The van der Waals surface area contributed by atoms with E-state index in [-0.39, 0.29) is 18.4 Å². The van der Waals surface area contributed by atoms with Crippen molar-refractivity contribution < 1.29 is 18.7 Å². The van der Waals surface area contributed by atoms with Crippen LogP contribution in [0, 0.1) is 5.82 Å².